The van der Waals surface area contributed by atoms with Gasteiger partial charge in [-0.05, 0) is 12.1 Å². The number of ether oxygens (including phenoxy) is 1. The molecule has 3 nitrogen and oxygen atoms in total. The molecule has 0 radical (unpaired) electrons. The first-order valence-corrected chi connectivity index (χ1v) is 3.55. The van der Waals surface area contributed by atoms with Crippen LogP contribution in [0.15, 0.2) is 18.2 Å². The molecule has 1 rings (SSSR count). The van der Waals surface area contributed by atoms with Gasteiger partial charge in [0.05, 0.1) is 0 Å². The monoisotopic (exact) mass is 171 g/mol. The Balaban J connectivity index is 2.69. The van der Waals surface area contributed by atoms with E-state index in [1.807, 2.05) is 0 Å². The molecule has 0 heterocycles. The Hall–Kier alpha value is -1.29. The van der Waals surface area contributed by atoms with Crippen LogP contribution in [0.4, 0.5) is 4.39 Å². The lowest BCUT2D eigenvalue weighted by atomic mass is 10.3. The smallest absolute Gasteiger partial charge is 0.165 e. The number of phenols is 1. The molecular weight excluding hydrogens is 161 g/mol. The number of halogens is 1. The zero-order chi connectivity index (χ0) is 8.97. The van der Waals surface area contributed by atoms with Crippen LogP contribution in [0.25, 0.3) is 0 Å². The Morgan fingerprint density at radius 2 is 2.25 bits per heavy atom. The van der Waals surface area contributed by atoms with E-state index in [0.717, 1.165) is 6.07 Å². The fourth-order valence-electron chi connectivity index (χ4n) is 0.759. The molecule has 0 saturated carbocycles. The molecule has 66 valence electrons. The molecule has 0 atom stereocenters. The summed E-state index contributed by atoms with van der Waals surface area (Å²) in [6.45, 7) is 0.739. The predicted octanol–water partition coefficient (Wildman–Crippen LogP) is 0.869. The lowest BCUT2D eigenvalue weighted by molar-refractivity contribution is 0.324. The number of benzene rings is 1. The fraction of sp³-hybridized carbons (Fsp3) is 0.250. The first-order valence-electron chi connectivity index (χ1n) is 3.55. The molecule has 1 aromatic rings. The quantitative estimate of drug-likeness (QED) is 0.709. The van der Waals surface area contributed by atoms with Gasteiger partial charge in [-0.3, -0.25) is 0 Å². The van der Waals surface area contributed by atoms with Gasteiger partial charge in [-0.15, -0.1) is 0 Å². The average Bonchev–Trinajstić information content (AvgIpc) is 2.07. The summed E-state index contributed by atoms with van der Waals surface area (Å²) in [5, 5.41) is 8.91. The van der Waals surface area contributed by atoms with Crippen molar-refractivity contribution < 1.29 is 14.2 Å². The van der Waals surface area contributed by atoms with Crippen LogP contribution in [-0.2, 0) is 0 Å². The van der Waals surface area contributed by atoms with Gasteiger partial charge in [-0.2, -0.15) is 0 Å². The molecule has 0 spiro atoms. The molecule has 0 saturated heterocycles. The summed E-state index contributed by atoms with van der Waals surface area (Å²) in [4.78, 5) is 0. The van der Waals surface area contributed by atoms with E-state index in [4.69, 9.17) is 15.6 Å². The first kappa shape index (κ1) is 8.80. The minimum atomic E-state index is -0.657. The number of hydrogen-bond acceptors (Lipinski definition) is 3. The highest BCUT2D eigenvalue weighted by atomic mass is 19.1. The second-order valence-corrected chi connectivity index (χ2v) is 2.25. The predicted molar refractivity (Wildman–Crippen MR) is 42.6 cm³/mol. The Labute approximate surface area is 69.6 Å². The van der Waals surface area contributed by atoms with Crippen LogP contribution in [0.1, 0.15) is 0 Å². The summed E-state index contributed by atoms with van der Waals surface area (Å²) >= 11 is 0. The zero-order valence-electron chi connectivity index (χ0n) is 6.46. The molecule has 4 heteroatoms. The highest BCUT2D eigenvalue weighted by molar-refractivity contribution is 5.33. The lowest BCUT2D eigenvalue weighted by Crippen LogP contribution is -2.10. The number of phenolic OH excluding ortho intramolecular Hbond substituents is 1. The van der Waals surface area contributed by atoms with E-state index < -0.39 is 11.6 Å². The molecular formula is C8H10FNO2. The van der Waals surface area contributed by atoms with Crippen molar-refractivity contribution in [3.8, 4) is 11.5 Å². The van der Waals surface area contributed by atoms with Crippen LogP contribution in [-0.4, -0.2) is 18.3 Å². The van der Waals surface area contributed by atoms with Gasteiger partial charge in [-0.1, -0.05) is 0 Å². The van der Waals surface area contributed by atoms with Crippen molar-refractivity contribution in [2.24, 2.45) is 5.73 Å². The Morgan fingerprint density at radius 3 is 2.83 bits per heavy atom. The Kier molecular flexibility index (Phi) is 2.88. The molecule has 0 aliphatic rings. The summed E-state index contributed by atoms with van der Waals surface area (Å²) in [6.07, 6.45) is 0. The molecule has 0 bridgehead atoms. The van der Waals surface area contributed by atoms with Crippen LogP contribution in [0.2, 0.25) is 0 Å². The average molecular weight is 171 g/mol. The molecule has 0 unspecified atom stereocenters. The minimum Gasteiger partial charge on any atom is -0.505 e. The normalized spacial score (nSPS) is 9.83. The van der Waals surface area contributed by atoms with Crippen LogP contribution < -0.4 is 10.5 Å². The summed E-state index contributed by atoms with van der Waals surface area (Å²) in [7, 11) is 0. The van der Waals surface area contributed by atoms with Gasteiger partial charge in [0.25, 0.3) is 0 Å². The Morgan fingerprint density at radius 1 is 1.50 bits per heavy atom. The van der Waals surface area contributed by atoms with Crippen molar-refractivity contribution in [2.75, 3.05) is 13.2 Å². The van der Waals surface area contributed by atoms with Crippen molar-refractivity contribution in [1.29, 1.82) is 0 Å². The molecule has 0 amide bonds. The van der Waals surface area contributed by atoms with Gasteiger partial charge < -0.3 is 15.6 Å². The zero-order valence-corrected chi connectivity index (χ0v) is 6.46. The second kappa shape index (κ2) is 3.92. The van der Waals surface area contributed by atoms with E-state index in [-0.39, 0.29) is 0 Å². The third-order valence-corrected chi connectivity index (χ3v) is 1.30. The molecule has 0 aromatic heterocycles. The maximum Gasteiger partial charge on any atom is 0.165 e. The van der Waals surface area contributed by atoms with Gasteiger partial charge in [0.2, 0.25) is 0 Å². The van der Waals surface area contributed by atoms with Gasteiger partial charge >= 0.3 is 0 Å². The van der Waals surface area contributed by atoms with Crippen molar-refractivity contribution in [1.82, 2.24) is 0 Å². The summed E-state index contributed by atoms with van der Waals surface area (Å²) in [5.41, 5.74) is 5.18. The Bertz CT molecular complexity index is 265. The van der Waals surface area contributed by atoms with Gasteiger partial charge in [0.15, 0.2) is 11.6 Å². The second-order valence-electron chi connectivity index (χ2n) is 2.25. The standard InChI is InChI=1S/C8H10FNO2/c9-7-2-1-6(5-8(7)11)12-4-3-10/h1-2,5,11H,3-4,10H2. The van der Waals surface area contributed by atoms with Crippen LogP contribution >= 0.6 is 0 Å². The summed E-state index contributed by atoms with van der Waals surface area (Å²) in [5.74, 6) is -0.654. The lowest BCUT2D eigenvalue weighted by Gasteiger charge is -2.04. The first-order chi connectivity index (χ1) is 5.74. The van der Waals surface area contributed by atoms with E-state index >= 15 is 0 Å². The largest absolute Gasteiger partial charge is 0.505 e. The van der Waals surface area contributed by atoms with Crippen molar-refractivity contribution in [3.05, 3.63) is 24.0 Å². The number of aromatic hydroxyl groups is 1. The number of rotatable bonds is 3. The summed E-state index contributed by atoms with van der Waals surface area (Å²) < 4.78 is 17.5. The third kappa shape index (κ3) is 2.10. The molecule has 12 heavy (non-hydrogen) atoms. The SMILES string of the molecule is NCCOc1ccc(F)c(O)c1. The van der Waals surface area contributed by atoms with Crippen LogP contribution in [0.5, 0.6) is 11.5 Å². The molecule has 0 fully saturated rings. The van der Waals surface area contributed by atoms with E-state index in [9.17, 15) is 4.39 Å². The van der Waals surface area contributed by atoms with E-state index in [0.29, 0.717) is 18.9 Å². The maximum absolute atomic E-state index is 12.5. The van der Waals surface area contributed by atoms with Crippen molar-refractivity contribution >= 4 is 0 Å². The third-order valence-electron chi connectivity index (χ3n) is 1.30. The topological polar surface area (TPSA) is 55.5 Å². The highest BCUT2D eigenvalue weighted by Gasteiger charge is 2.00. The minimum absolute atomic E-state index is 0.352. The van der Waals surface area contributed by atoms with Gasteiger partial charge in [0, 0.05) is 12.6 Å². The fourth-order valence-corrected chi connectivity index (χ4v) is 0.759. The van der Waals surface area contributed by atoms with E-state index in [1.54, 1.807) is 0 Å². The molecule has 3 N–H and O–H groups in total. The molecule has 0 aliphatic carbocycles. The maximum atomic E-state index is 12.5. The highest BCUT2D eigenvalue weighted by Crippen LogP contribution is 2.21. The van der Waals surface area contributed by atoms with E-state index in [1.165, 1.54) is 12.1 Å². The van der Waals surface area contributed by atoms with Gasteiger partial charge in [-0.25, -0.2) is 4.39 Å². The number of hydrogen-bond donors (Lipinski definition) is 2. The number of nitrogens with two attached hydrogens (primary N) is 1. The van der Waals surface area contributed by atoms with Crippen LogP contribution in [0.3, 0.4) is 0 Å². The molecule has 0 aliphatic heterocycles. The summed E-state index contributed by atoms with van der Waals surface area (Å²) in [6, 6.07) is 3.79. The van der Waals surface area contributed by atoms with E-state index in [2.05, 4.69) is 0 Å². The van der Waals surface area contributed by atoms with Crippen LogP contribution in [0, 0.1) is 5.82 Å². The van der Waals surface area contributed by atoms with Crippen molar-refractivity contribution in [2.45, 2.75) is 0 Å². The van der Waals surface area contributed by atoms with Gasteiger partial charge in [0.1, 0.15) is 12.4 Å². The van der Waals surface area contributed by atoms with Crippen molar-refractivity contribution in [3.63, 3.8) is 0 Å². The molecule has 1 aromatic carbocycles.